The Morgan fingerprint density at radius 1 is 1.15 bits per heavy atom. The Hall–Kier alpha value is -1.50. The van der Waals surface area contributed by atoms with Gasteiger partial charge in [0.2, 0.25) is 5.95 Å². The first-order valence-electron chi connectivity index (χ1n) is 6.81. The normalized spacial score (nSPS) is 16.6. The van der Waals surface area contributed by atoms with Gasteiger partial charge in [0, 0.05) is 55.6 Å². The monoisotopic (exact) mass is 290 g/mol. The molecule has 0 unspecified atom stereocenters. The zero-order valence-corrected chi connectivity index (χ0v) is 12.1. The molecule has 1 fully saturated rings. The molecule has 2 aromatic heterocycles. The van der Waals surface area contributed by atoms with Crippen LogP contribution in [0.4, 0.5) is 5.95 Å². The van der Waals surface area contributed by atoms with Gasteiger partial charge in [-0.1, -0.05) is 6.07 Å². The summed E-state index contributed by atoms with van der Waals surface area (Å²) in [6, 6.07) is 4.12. The van der Waals surface area contributed by atoms with Crippen LogP contribution in [-0.4, -0.2) is 59.3 Å². The molecule has 0 bridgehead atoms. The Kier molecular flexibility index (Phi) is 4.25. The number of anilines is 1. The van der Waals surface area contributed by atoms with E-state index in [1.54, 1.807) is 11.3 Å². The van der Waals surface area contributed by atoms with E-state index in [4.69, 9.17) is 5.11 Å². The van der Waals surface area contributed by atoms with Gasteiger partial charge in [-0.2, -0.15) is 0 Å². The topological polar surface area (TPSA) is 52.5 Å². The van der Waals surface area contributed by atoms with Crippen LogP contribution in [0.25, 0.3) is 10.4 Å². The standard InChI is InChI=1S/C14H18N4OS/c19-8-7-17-3-5-18(6-4-17)14-15-10-12(11-16-14)13-2-1-9-20-13/h1-2,9-11,19H,3-8H2. The van der Waals surface area contributed by atoms with Crippen molar-refractivity contribution < 1.29 is 5.11 Å². The molecule has 1 saturated heterocycles. The van der Waals surface area contributed by atoms with Gasteiger partial charge in [-0.3, -0.25) is 4.90 Å². The number of rotatable bonds is 4. The molecular formula is C14H18N4OS. The Balaban J connectivity index is 1.64. The first-order chi connectivity index (χ1) is 9.86. The molecule has 0 atom stereocenters. The van der Waals surface area contributed by atoms with Gasteiger partial charge in [0.15, 0.2) is 0 Å². The van der Waals surface area contributed by atoms with Crippen LogP contribution in [-0.2, 0) is 0 Å². The molecular weight excluding hydrogens is 272 g/mol. The number of hydrogen-bond donors (Lipinski definition) is 1. The van der Waals surface area contributed by atoms with Gasteiger partial charge in [-0.25, -0.2) is 9.97 Å². The van der Waals surface area contributed by atoms with Crippen molar-refractivity contribution in [2.45, 2.75) is 0 Å². The Labute approximate surface area is 122 Å². The van der Waals surface area contributed by atoms with Crippen molar-refractivity contribution in [1.29, 1.82) is 0 Å². The molecule has 5 nitrogen and oxygen atoms in total. The Morgan fingerprint density at radius 2 is 1.90 bits per heavy atom. The highest BCUT2D eigenvalue weighted by Crippen LogP contribution is 2.24. The maximum Gasteiger partial charge on any atom is 0.225 e. The number of aliphatic hydroxyl groups is 1. The third-order valence-electron chi connectivity index (χ3n) is 3.52. The minimum absolute atomic E-state index is 0.228. The summed E-state index contributed by atoms with van der Waals surface area (Å²) >= 11 is 1.70. The van der Waals surface area contributed by atoms with Crippen LogP contribution < -0.4 is 4.90 Å². The van der Waals surface area contributed by atoms with E-state index in [2.05, 4.69) is 31.2 Å². The quantitative estimate of drug-likeness (QED) is 0.920. The van der Waals surface area contributed by atoms with Crippen LogP contribution >= 0.6 is 11.3 Å². The zero-order chi connectivity index (χ0) is 13.8. The number of nitrogens with zero attached hydrogens (tertiary/aromatic N) is 4. The van der Waals surface area contributed by atoms with Gasteiger partial charge in [0.25, 0.3) is 0 Å². The SMILES string of the molecule is OCCN1CCN(c2ncc(-c3cccs3)cn2)CC1. The minimum Gasteiger partial charge on any atom is -0.395 e. The Morgan fingerprint density at radius 3 is 2.50 bits per heavy atom. The number of β-amino-alcohol motifs (C(OH)–C–C–N with tert-alkyl or cyclic N) is 1. The van der Waals surface area contributed by atoms with E-state index in [0.717, 1.165) is 44.2 Å². The van der Waals surface area contributed by atoms with Crippen molar-refractivity contribution in [2.75, 3.05) is 44.2 Å². The molecule has 3 heterocycles. The van der Waals surface area contributed by atoms with Crippen LogP contribution in [0.2, 0.25) is 0 Å². The van der Waals surface area contributed by atoms with Gasteiger partial charge in [-0.15, -0.1) is 11.3 Å². The van der Waals surface area contributed by atoms with Crippen molar-refractivity contribution in [3.05, 3.63) is 29.9 Å². The molecule has 106 valence electrons. The van der Waals surface area contributed by atoms with Gasteiger partial charge in [0.1, 0.15) is 0 Å². The first-order valence-corrected chi connectivity index (χ1v) is 7.69. The third kappa shape index (κ3) is 2.98. The lowest BCUT2D eigenvalue weighted by molar-refractivity contribution is 0.188. The molecule has 1 aliphatic heterocycles. The second kappa shape index (κ2) is 6.30. The highest BCUT2D eigenvalue weighted by molar-refractivity contribution is 7.13. The first kappa shape index (κ1) is 13.5. The predicted molar refractivity (Wildman–Crippen MR) is 81.1 cm³/mol. The Bertz CT molecular complexity index is 521. The van der Waals surface area contributed by atoms with Crippen molar-refractivity contribution in [3.63, 3.8) is 0 Å². The smallest absolute Gasteiger partial charge is 0.225 e. The molecule has 20 heavy (non-hydrogen) atoms. The summed E-state index contributed by atoms with van der Waals surface area (Å²) in [7, 11) is 0. The molecule has 0 aromatic carbocycles. The van der Waals surface area contributed by atoms with Crippen LogP contribution in [0.1, 0.15) is 0 Å². The van der Waals surface area contributed by atoms with E-state index in [9.17, 15) is 0 Å². The maximum absolute atomic E-state index is 8.94. The molecule has 3 rings (SSSR count). The van der Waals surface area contributed by atoms with E-state index in [1.807, 2.05) is 18.5 Å². The van der Waals surface area contributed by atoms with Gasteiger partial charge >= 0.3 is 0 Å². The van der Waals surface area contributed by atoms with Crippen molar-refractivity contribution >= 4 is 17.3 Å². The third-order valence-corrected chi connectivity index (χ3v) is 4.43. The fourth-order valence-electron chi connectivity index (χ4n) is 2.37. The van der Waals surface area contributed by atoms with Crippen LogP contribution in [0, 0.1) is 0 Å². The van der Waals surface area contributed by atoms with Crippen LogP contribution in [0.15, 0.2) is 29.9 Å². The number of aromatic nitrogens is 2. The lowest BCUT2D eigenvalue weighted by Gasteiger charge is -2.34. The second-order valence-electron chi connectivity index (χ2n) is 4.80. The van der Waals surface area contributed by atoms with Crippen molar-refractivity contribution in [1.82, 2.24) is 14.9 Å². The molecule has 0 radical (unpaired) electrons. The maximum atomic E-state index is 8.94. The fraction of sp³-hybridized carbons (Fsp3) is 0.429. The van der Waals surface area contributed by atoms with Gasteiger partial charge < -0.3 is 10.0 Å². The highest BCUT2D eigenvalue weighted by atomic mass is 32.1. The summed E-state index contributed by atoms with van der Waals surface area (Å²) in [5.74, 6) is 0.800. The van der Waals surface area contributed by atoms with Gasteiger partial charge in [0.05, 0.1) is 6.61 Å². The lowest BCUT2D eigenvalue weighted by atomic mass is 10.3. The molecule has 0 amide bonds. The molecule has 2 aromatic rings. The van der Waals surface area contributed by atoms with E-state index >= 15 is 0 Å². The molecule has 0 aliphatic carbocycles. The van der Waals surface area contributed by atoms with Crippen molar-refractivity contribution in [2.24, 2.45) is 0 Å². The number of aliphatic hydroxyl groups excluding tert-OH is 1. The van der Waals surface area contributed by atoms with E-state index in [1.165, 1.54) is 4.88 Å². The summed E-state index contributed by atoms with van der Waals surface area (Å²) in [5.41, 5.74) is 1.07. The van der Waals surface area contributed by atoms with E-state index < -0.39 is 0 Å². The molecule has 6 heteroatoms. The average molecular weight is 290 g/mol. The fourth-order valence-corrected chi connectivity index (χ4v) is 3.07. The highest BCUT2D eigenvalue weighted by Gasteiger charge is 2.18. The minimum atomic E-state index is 0.228. The van der Waals surface area contributed by atoms with E-state index in [-0.39, 0.29) is 6.61 Å². The van der Waals surface area contributed by atoms with Gasteiger partial charge in [-0.05, 0) is 11.4 Å². The number of piperazine rings is 1. The van der Waals surface area contributed by atoms with Crippen LogP contribution in [0.5, 0.6) is 0 Å². The zero-order valence-electron chi connectivity index (χ0n) is 11.3. The second-order valence-corrected chi connectivity index (χ2v) is 5.75. The number of hydrogen-bond acceptors (Lipinski definition) is 6. The summed E-state index contributed by atoms with van der Waals surface area (Å²) in [6.07, 6.45) is 3.79. The van der Waals surface area contributed by atoms with Crippen LogP contribution in [0.3, 0.4) is 0 Å². The summed E-state index contributed by atoms with van der Waals surface area (Å²) < 4.78 is 0. The summed E-state index contributed by atoms with van der Waals surface area (Å²) in [5, 5.41) is 11.0. The summed E-state index contributed by atoms with van der Waals surface area (Å²) in [4.78, 5) is 14.6. The molecule has 1 aliphatic rings. The largest absolute Gasteiger partial charge is 0.395 e. The van der Waals surface area contributed by atoms with Crippen molar-refractivity contribution in [3.8, 4) is 10.4 Å². The number of thiophene rings is 1. The predicted octanol–water partition coefficient (Wildman–Crippen LogP) is 1.32. The lowest BCUT2D eigenvalue weighted by Crippen LogP contribution is -2.47. The van der Waals surface area contributed by atoms with E-state index in [0.29, 0.717) is 0 Å². The molecule has 0 spiro atoms. The average Bonchev–Trinajstić information content (AvgIpc) is 3.03. The molecule has 1 N–H and O–H groups in total. The molecule has 0 saturated carbocycles. The summed E-state index contributed by atoms with van der Waals surface area (Å²) in [6.45, 7) is 4.72.